The SMILES string of the molecule is Cc1ccccc1-c1csc(N2CCC(S(=O)(=O)c3cccc(Br)c3)CC2)n1. The van der Waals surface area contributed by atoms with Gasteiger partial charge in [0.1, 0.15) is 0 Å². The predicted octanol–water partition coefficient (Wildman–Crippen LogP) is 5.32. The first-order chi connectivity index (χ1) is 13.4. The zero-order valence-electron chi connectivity index (χ0n) is 15.5. The number of benzene rings is 2. The van der Waals surface area contributed by atoms with E-state index < -0.39 is 9.84 Å². The van der Waals surface area contributed by atoms with Crippen molar-refractivity contribution in [1.29, 1.82) is 0 Å². The summed E-state index contributed by atoms with van der Waals surface area (Å²) < 4.78 is 26.7. The Labute approximate surface area is 178 Å². The largest absolute Gasteiger partial charge is 0.348 e. The van der Waals surface area contributed by atoms with Crippen LogP contribution >= 0.6 is 27.3 Å². The van der Waals surface area contributed by atoms with E-state index in [1.165, 1.54) is 5.56 Å². The minimum atomic E-state index is -3.31. The van der Waals surface area contributed by atoms with E-state index in [4.69, 9.17) is 4.98 Å². The van der Waals surface area contributed by atoms with E-state index in [0.717, 1.165) is 20.9 Å². The Balaban J connectivity index is 1.47. The van der Waals surface area contributed by atoms with Crippen molar-refractivity contribution in [2.75, 3.05) is 18.0 Å². The Morgan fingerprint density at radius 1 is 1.11 bits per heavy atom. The summed E-state index contributed by atoms with van der Waals surface area (Å²) in [5, 5.41) is 2.72. The Hall–Kier alpha value is -1.70. The fraction of sp³-hybridized carbons (Fsp3) is 0.286. The smallest absolute Gasteiger partial charge is 0.185 e. The van der Waals surface area contributed by atoms with Crippen LogP contribution in [0.2, 0.25) is 0 Å². The highest BCUT2D eigenvalue weighted by molar-refractivity contribution is 9.10. The molecule has 0 radical (unpaired) electrons. The van der Waals surface area contributed by atoms with Gasteiger partial charge in [-0.3, -0.25) is 0 Å². The Morgan fingerprint density at radius 3 is 2.57 bits per heavy atom. The fourth-order valence-corrected chi connectivity index (χ4v) is 6.79. The second-order valence-electron chi connectivity index (χ2n) is 7.02. The third-order valence-corrected chi connectivity index (χ3v) is 8.84. The first-order valence-electron chi connectivity index (χ1n) is 9.21. The Morgan fingerprint density at radius 2 is 1.86 bits per heavy atom. The molecule has 0 unspecified atom stereocenters. The monoisotopic (exact) mass is 476 g/mol. The minimum Gasteiger partial charge on any atom is -0.348 e. The van der Waals surface area contributed by atoms with Crippen molar-refractivity contribution in [3.8, 4) is 11.3 Å². The Kier molecular flexibility index (Phi) is 5.58. The van der Waals surface area contributed by atoms with Gasteiger partial charge in [-0.15, -0.1) is 11.3 Å². The molecule has 2 aromatic carbocycles. The third-order valence-electron chi connectivity index (χ3n) is 5.19. The van der Waals surface area contributed by atoms with Gasteiger partial charge in [-0.2, -0.15) is 0 Å². The molecule has 4 nitrogen and oxygen atoms in total. The van der Waals surface area contributed by atoms with Crippen LogP contribution in [0.1, 0.15) is 18.4 Å². The van der Waals surface area contributed by atoms with E-state index in [2.05, 4.69) is 45.3 Å². The average molecular weight is 477 g/mol. The quantitative estimate of drug-likeness (QED) is 0.510. The van der Waals surface area contributed by atoms with Gasteiger partial charge in [-0.25, -0.2) is 13.4 Å². The fourth-order valence-electron chi connectivity index (χ4n) is 3.59. The molecule has 1 saturated heterocycles. The van der Waals surface area contributed by atoms with Crippen LogP contribution in [0.25, 0.3) is 11.3 Å². The maximum absolute atomic E-state index is 13.0. The van der Waals surface area contributed by atoms with Crippen LogP contribution in [0.3, 0.4) is 0 Å². The van der Waals surface area contributed by atoms with Crippen LogP contribution in [0.15, 0.2) is 63.3 Å². The lowest BCUT2D eigenvalue weighted by atomic mass is 10.1. The minimum absolute atomic E-state index is 0.339. The van der Waals surface area contributed by atoms with E-state index >= 15 is 0 Å². The van der Waals surface area contributed by atoms with Gasteiger partial charge in [-0.1, -0.05) is 46.3 Å². The van der Waals surface area contributed by atoms with Gasteiger partial charge in [0.25, 0.3) is 0 Å². The highest BCUT2D eigenvalue weighted by Gasteiger charge is 2.32. The first kappa shape index (κ1) is 19.6. The van der Waals surface area contributed by atoms with Crippen LogP contribution < -0.4 is 4.90 Å². The molecule has 2 heterocycles. The number of aromatic nitrogens is 1. The van der Waals surface area contributed by atoms with Gasteiger partial charge >= 0.3 is 0 Å². The second kappa shape index (κ2) is 7.97. The summed E-state index contributed by atoms with van der Waals surface area (Å²) in [6.07, 6.45) is 1.24. The molecule has 146 valence electrons. The molecule has 28 heavy (non-hydrogen) atoms. The number of hydrogen-bond donors (Lipinski definition) is 0. The molecule has 0 atom stereocenters. The number of hydrogen-bond acceptors (Lipinski definition) is 5. The van der Waals surface area contributed by atoms with Crippen molar-refractivity contribution >= 4 is 42.2 Å². The number of nitrogens with zero attached hydrogens (tertiary/aromatic N) is 2. The molecule has 1 aromatic heterocycles. The number of aryl methyl sites for hydroxylation is 1. The Bertz CT molecular complexity index is 1090. The first-order valence-corrected chi connectivity index (χ1v) is 12.4. The van der Waals surface area contributed by atoms with Gasteiger partial charge in [-0.05, 0) is 43.5 Å². The average Bonchev–Trinajstić information content (AvgIpc) is 3.18. The molecule has 1 aliphatic heterocycles. The number of halogens is 1. The van der Waals surface area contributed by atoms with Crippen molar-refractivity contribution in [2.24, 2.45) is 0 Å². The lowest BCUT2D eigenvalue weighted by molar-refractivity contribution is 0.529. The van der Waals surface area contributed by atoms with Crippen molar-refractivity contribution in [3.63, 3.8) is 0 Å². The molecular weight excluding hydrogens is 456 g/mol. The van der Waals surface area contributed by atoms with E-state index in [1.807, 2.05) is 18.2 Å². The van der Waals surface area contributed by atoms with E-state index in [-0.39, 0.29) is 5.25 Å². The normalized spacial score (nSPS) is 15.7. The molecule has 4 rings (SSSR count). The number of anilines is 1. The molecule has 1 aliphatic rings. The zero-order chi connectivity index (χ0) is 19.7. The maximum Gasteiger partial charge on any atom is 0.185 e. The third kappa shape index (κ3) is 3.88. The van der Waals surface area contributed by atoms with Crippen molar-refractivity contribution in [2.45, 2.75) is 29.9 Å². The van der Waals surface area contributed by atoms with Crippen LogP contribution in [0, 0.1) is 6.92 Å². The van der Waals surface area contributed by atoms with Crippen molar-refractivity contribution in [3.05, 3.63) is 63.9 Å². The highest BCUT2D eigenvalue weighted by atomic mass is 79.9. The number of rotatable bonds is 4. The zero-order valence-corrected chi connectivity index (χ0v) is 18.7. The summed E-state index contributed by atoms with van der Waals surface area (Å²) in [6, 6.07) is 15.2. The van der Waals surface area contributed by atoms with Crippen molar-refractivity contribution < 1.29 is 8.42 Å². The molecule has 1 fully saturated rings. The van der Waals surface area contributed by atoms with Gasteiger partial charge < -0.3 is 4.90 Å². The van der Waals surface area contributed by atoms with Crippen LogP contribution in [-0.4, -0.2) is 31.7 Å². The molecule has 7 heteroatoms. The topological polar surface area (TPSA) is 50.3 Å². The molecule has 0 N–H and O–H groups in total. The van der Waals surface area contributed by atoms with Gasteiger partial charge in [0.15, 0.2) is 15.0 Å². The molecule has 0 saturated carbocycles. The summed E-state index contributed by atoms with van der Waals surface area (Å²) in [5.74, 6) is 0. The second-order valence-corrected chi connectivity index (χ2v) is 11.0. The summed E-state index contributed by atoms with van der Waals surface area (Å²) in [4.78, 5) is 7.42. The molecular formula is C21H21BrN2O2S2. The molecule has 0 aliphatic carbocycles. The number of sulfone groups is 1. The van der Waals surface area contributed by atoms with Crippen LogP contribution in [0.4, 0.5) is 5.13 Å². The van der Waals surface area contributed by atoms with Crippen molar-refractivity contribution in [1.82, 2.24) is 4.98 Å². The van der Waals surface area contributed by atoms with Gasteiger partial charge in [0.05, 0.1) is 15.8 Å². The highest BCUT2D eigenvalue weighted by Crippen LogP contribution is 2.33. The number of piperidine rings is 1. The van der Waals surface area contributed by atoms with Gasteiger partial charge in [0, 0.05) is 28.5 Å². The summed E-state index contributed by atoms with van der Waals surface area (Å²) in [5.41, 5.74) is 3.34. The molecule has 0 bridgehead atoms. The van der Waals surface area contributed by atoms with E-state index in [1.54, 1.807) is 29.5 Å². The summed E-state index contributed by atoms with van der Waals surface area (Å²) in [6.45, 7) is 3.50. The maximum atomic E-state index is 13.0. The molecule has 0 spiro atoms. The summed E-state index contributed by atoms with van der Waals surface area (Å²) in [7, 11) is -3.31. The van der Waals surface area contributed by atoms with E-state index in [0.29, 0.717) is 30.8 Å². The van der Waals surface area contributed by atoms with E-state index in [9.17, 15) is 8.42 Å². The lowest BCUT2D eigenvalue weighted by Crippen LogP contribution is -2.39. The lowest BCUT2D eigenvalue weighted by Gasteiger charge is -2.31. The van der Waals surface area contributed by atoms with Crippen LogP contribution in [-0.2, 0) is 9.84 Å². The van der Waals surface area contributed by atoms with Crippen LogP contribution in [0.5, 0.6) is 0 Å². The predicted molar refractivity (Wildman–Crippen MR) is 119 cm³/mol. The van der Waals surface area contributed by atoms with Gasteiger partial charge in [0.2, 0.25) is 0 Å². The summed E-state index contributed by atoms with van der Waals surface area (Å²) >= 11 is 4.99. The standard InChI is InChI=1S/C21H21BrN2O2S2/c1-15-5-2-3-8-19(15)20-14-27-21(23-20)24-11-9-17(10-12-24)28(25,26)18-7-4-6-16(22)13-18/h2-8,13-14,17H,9-12H2,1H3. The number of thiazole rings is 1. The molecule has 3 aromatic rings. The molecule has 0 amide bonds.